The molecule has 0 spiro atoms. The Morgan fingerprint density at radius 2 is 2.35 bits per heavy atom. The van der Waals surface area contributed by atoms with Gasteiger partial charge in [0.25, 0.3) is 5.22 Å². The van der Waals surface area contributed by atoms with Crippen LogP contribution in [0.3, 0.4) is 0 Å². The largest absolute Gasteiger partial charge is 0.440 e. The van der Waals surface area contributed by atoms with Gasteiger partial charge in [-0.15, -0.1) is 0 Å². The highest BCUT2D eigenvalue weighted by Gasteiger charge is 2.15. The summed E-state index contributed by atoms with van der Waals surface area (Å²) in [5.74, 6) is 0.949. The summed E-state index contributed by atoms with van der Waals surface area (Å²) in [5, 5.41) is 3.88. The van der Waals surface area contributed by atoms with E-state index in [4.69, 9.17) is 4.42 Å². The monoisotopic (exact) mass is 255 g/mol. The SMILES string of the molecule is Cc1coc(SCCC(=O)N2CCNCC2)n1. The van der Waals surface area contributed by atoms with Gasteiger partial charge in [-0.25, -0.2) is 4.98 Å². The van der Waals surface area contributed by atoms with Crippen LogP contribution in [-0.4, -0.2) is 47.7 Å². The van der Waals surface area contributed by atoms with Gasteiger partial charge in [0.05, 0.1) is 5.69 Å². The number of nitrogens with one attached hydrogen (secondary N) is 1. The second kappa shape index (κ2) is 6.07. The molecular weight excluding hydrogens is 238 g/mol. The van der Waals surface area contributed by atoms with E-state index in [1.54, 1.807) is 6.26 Å². The van der Waals surface area contributed by atoms with Crippen LogP contribution < -0.4 is 5.32 Å². The fourth-order valence-electron chi connectivity index (χ4n) is 1.70. The molecule has 0 atom stereocenters. The minimum Gasteiger partial charge on any atom is -0.440 e. The van der Waals surface area contributed by atoms with Gasteiger partial charge >= 0.3 is 0 Å². The summed E-state index contributed by atoms with van der Waals surface area (Å²) in [6.07, 6.45) is 2.17. The number of aryl methyl sites for hydroxylation is 1. The van der Waals surface area contributed by atoms with Crippen molar-refractivity contribution >= 4 is 17.7 Å². The zero-order valence-electron chi connectivity index (χ0n) is 9.94. The molecule has 17 heavy (non-hydrogen) atoms. The smallest absolute Gasteiger partial charge is 0.255 e. The third-order valence-electron chi connectivity index (χ3n) is 2.61. The lowest BCUT2D eigenvalue weighted by molar-refractivity contribution is -0.131. The summed E-state index contributed by atoms with van der Waals surface area (Å²) in [7, 11) is 0. The minimum atomic E-state index is 0.224. The fraction of sp³-hybridized carbons (Fsp3) is 0.636. The molecule has 1 fully saturated rings. The Hall–Kier alpha value is -1.01. The normalized spacial score (nSPS) is 16.2. The van der Waals surface area contributed by atoms with Crippen LogP contribution in [0.1, 0.15) is 12.1 Å². The number of aromatic nitrogens is 1. The average molecular weight is 255 g/mol. The third-order valence-corrected chi connectivity index (χ3v) is 3.45. The number of hydrogen-bond donors (Lipinski definition) is 1. The standard InChI is InChI=1S/C11H17N3O2S/c1-9-8-16-11(13-9)17-7-2-10(15)14-5-3-12-4-6-14/h8,12H,2-7H2,1H3. The van der Waals surface area contributed by atoms with Gasteiger partial charge in [0.1, 0.15) is 6.26 Å². The van der Waals surface area contributed by atoms with Crippen LogP contribution >= 0.6 is 11.8 Å². The Morgan fingerprint density at radius 3 is 3.00 bits per heavy atom. The Labute approximate surface area is 105 Å². The Morgan fingerprint density at radius 1 is 1.59 bits per heavy atom. The highest BCUT2D eigenvalue weighted by molar-refractivity contribution is 7.99. The molecule has 0 radical (unpaired) electrons. The van der Waals surface area contributed by atoms with Gasteiger partial charge in [0, 0.05) is 38.4 Å². The summed E-state index contributed by atoms with van der Waals surface area (Å²) in [6, 6.07) is 0. The Kier molecular flexibility index (Phi) is 4.44. The number of carbonyl (C=O) groups is 1. The van der Waals surface area contributed by atoms with E-state index in [0.717, 1.165) is 37.6 Å². The summed E-state index contributed by atoms with van der Waals surface area (Å²) in [5.41, 5.74) is 0.876. The summed E-state index contributed by atoms with van der Waals surface area (Å²) in [6.45, 7) is 5.33. The Balaban J connectivity index is 1.69. The minimum absolute atomic E-state index is 0.224. The van der Waals surface area contributed by atoms with Crippen LogP contribution in [0.15, 0.2) is 15.9 Å². The highest BCUT2D eigenvalue weighted by atomic mass is 32.2. The number of carbonyl (C=O) groups excluding carboxylic acids is 1. The van der Waals surface area contributed by atoms with E-state index >= 15 is 0 Å². The van der Waals surface area contributed by atoms with Gasteiger partial charge in [-0.1, -0.05) is 11.8 Å². The summed E-state index contributed by atoms with van der Waals surface area (Å²) in [4.78, 5) is 17.9. The molecule has 94 valence electrons. The van der Waals surface area contributed by atoms with Crippen LogP contribution in [0.2, 0.25) is 0 Å². The van der Waals surface area contributed by atoms with E-state index in [2.05, 4.69) is 10.3 Å². The molecule has 1 N–H and O–H groups in total. The number of thioether (sulfide) groups is 1. The number of rotatable bonds is 4. The molecule has 2 rings (SSSR count). The van der Waals surface area contributed by atoms with Crippen molar-refractivity contribution in [1.82, 2.24) is 15.2 Å². The molecule has 1 amide bonds. The summed E-state index contributed by atoms with van der Waals surface area (Å²) < 4.78 is 5.21. The second-order valence-electron chi connectivity index (χ2n) is 3.98. The van der Waals surface area contributed by atoms with Crippen molar-refractivity contribution in [2.75, 3.05) is 31.9 Å². The summed E-state index contributed by atoms with van der Waals surface area (Å²) >= 11 is 1.49. The first kappa shape index (κ1) is 12.4. The zero-order chi connectivity index (χ0) is 12.1. The molecule has 1 aliphatic rings. The van der Waals surface area contributed by atoms with E-state index < -0.39 is 0 Å². The fourth-order valence-corrected chi connectivity index (χ4v) is 2.47. The lowest BCUT2D eigenvalue weighted by Gasteiger charge is -2.27. The van der Waals surface area contributed by atoms with Gasteiger partial charge in [-0.2, -0.15) is 0 Å². The lowest BCUT2D eigenvalue weighted by atomic mass is 10.3. The van der Waals surface area contributed by atoms with Gasteiger partial charge < -0.3 is 14.6 Å². The predicted octanol–water partition coefficient (Wildman–Crippen LogP) is 0.897. The van der Waals surface area contributed by atoms with Crippen molar-refractivity contribution in [2.45, 2.75) is 18.6 Å². The molecule has 5 nitrogen and oxygen atoms in total. The average Bonchev–Trinajstić information content (AvgIpc) is 2.76. The molecular formula is C11H17N3O2S. The third kappa shape index (κ3) is 3.74. The lowest BCUT2D eigenvalue weighted by Crippen LogP contribution is -2.46. The van der Waals surface area contributed by atoms with Crippen molar-refractivity contribution in [3.8, 4) is 0 Å². The van der Waals surface area contributed by atoms with Gasteiger partial charge in [-0.05, 0) is 6.92 Å². The first-order chi connectivity index (χ1) is 8.25. The van der Waals surface area contributed by atoms with Crippen LogP contribution in [0.4, 0.5) is 0 Å². The van der Waals surface area contributed by atoms with E-state index in [9.17, 15) is 4.79 Å². The molecule has 0 saturated carbocycles. The van der Waals surface area contributed by atoms with Crippen molar-refractivity contribution in [2.24, 2.45) is 0 Å². The molecule has 0 aliphatic carbocycles. The van der Waals surface area contributed by atoms with Crippen molar-refractivity contribution < 1.29 is 9.21 Å². The molecule has 0 bridgehead atoms. The topological polar surface area (TPSA) is 58.4 Å². The highest BCUT2D eigenvalue weighted by Crippen LogP contribution is 2.17. The number of amides is 1. The quantitative estimate of drug-likeness (QED) is 0.810. The number of piperazine rings is 1. The maximum absolute atomic E-state index is 11.8. The molecule has 1 aliphatic heterocycles. The van der Waals surface area contributed by atoms with Crippen LogP contribution in [0.5, 0.6) is 0 Å². The van der Waals surface area contributed by atoms with Crippen molar-refractivity contribution in [1.29, 1.82) is 0 Å². The van der Waals surface area contributed by atoms with E-state index in [1.807, 2.05) is 11.8 Å². The van der Waals surface area contributed by atoms with Gasteiger partial charge in [0.15, 0.2) is 0 Å². The Bertz CT molecular complexity index is 375. The first-order valence-electron chi connectivity index (χ1n) is 5.79. The maximum atomic E-state index is 11.8. The molecule has 0 aromatic carbocycles. The van der Waals surface area contributed by atoms with E-state index in [0.29, 0.717) is 11.6 Å². The predicted molar refractivity (Wildman–Crippen MR) is 66.0 cm³/mol. The van der Waals surface area contributed by atoms with E-state index in [1.165, 1.54) is 11.8 Å². The number of nitrogens with zero attached hydrogens (tertiary/aromatic N) is 2. The number of hydrogen-bond acceptors (Lipinski definition) is 5. The van der Waals surface area contributed by atoms with Crippen LogP contribution in [0, 0.1) is 6.92 Å². The molecule has 0 unspecified atom stereocenters. The molecule has 6 heteroatoms. The molecule has 2 heterocycles. The van der Waals surface area contributed by atoms with Crippen LogP contribution in [0.25, 0.3) is 0 Å². The first-order valence-corrected chi connectivity index (χ1v) is 6.77. The van der Waals surface area contributed by atoms with Crippen LogP contribution in [-0.2, 0) is 4.79 Å². The molecule has 1 aromatic rings. The number of oxazole rings is 1. The molecule has 1 aromatic heterocycles. The van der Waals surface area contributed by atoms with Crippen molar-refractivity contribution in [3.05, 3.63) is 12.0 Å². The van der Waals surface area contributed by atoms with Gasteiger partial charge in [0.2, 0.25) is 5.91 Å². The second-order valence-corrected chi connectivity index (χ2v) is 5.03. The maximum Gasteiger partial charge on any atom is 0.255 e. The zero-order valence-corrected chi connectivity index (χ0v) is 10.8. The molecule has 1 saturated heterocycles. The van der Waals surface area contributed by atoms with Gasteiger partial charge in [-0.3, -0.25) is 4.79 Å². The van der Waals surface area contributed by atoms with Crippen molar-refractivity contribution in [3.63, 3.8) is 0 Å². The van der Waals surface area contributed by atoms with E-state index in [-0.39, 0.29) is 5.91 Å².